The third-order valence-corrected chi connectivity index (χ3v) is 4.80. The van der Waals surface area contributed by atoms with Gasteiger partial charge in [0.2, 0.25) is 5.91 Å². The fourth-order valence-electron chi connectivity index (χ4n) is 2.81. The zero-order valence-corrected chi connectivity index (χ0v) is 16.5. The van der Waals surface area contributed by atoms with Crippen molar-refractivity contribution >= 4 is 29.0 Å². The second kappa shape index (κ2) is 8.76. The first kappa shape index (κ1) is 19.7. The lowest BCUT2D eigenvalue weighted by Gasteiger charge is -2.17. The molecule has 3 aromatic rings. The number of rotatable bonds is 6. The van der Waals surface area contributed by atoms with Crippen molar-refractivity contribution in [1.29, 1.82) is 0 Å². The maximum absolute atomic E-state index is 12.4. The number of nitrogens with zero attached hydrogens (tertiary/aromatic N) is 3. The van der Waals surface area contributed by atoms with Gasteiger partial charge < -0.3 is 4.90 Å². The van der Waals surface area contributed by atoms with Crippen LogP contribution in [0.25, 0.3) is 11.3 Å². The molecule has 0 fully saturated rings. The number of carbonyl (C=O) groups is 2. The number of aromatic nitrogens is 2. The average molecular weight is 394 g/mol. The number of pyridine rings is 2. The van der Waals surface area contributed by atoms with Gasteiger partial charge in [0.1, 0.15) is 0 Å². The first-order valence-electron chi connectivity index (χ1n) is 8.94. The summed E-state index contributed by atoms with van der Waals surface area (Å²) in [6, 6.07) is 12.6. The van der Waals surface area contributed by atoms with Crippen LogP contribution in [-0.4, -0.2) is 28.7 Å². The van der Waals surface area contributed by atoms with Crippen LogP contribution < -0.4 is 4.90 Å². The molecule has 0 spiro atoms. The maximum atomic E-state index is 12.4. The largest absolute Gasteiger partial charge is 0.315 e. The number of ketones is 1. The Bertz CT molecular complexity index is 988. The summed E-state index contributed by atoms with van der Waals surface area (Å²) in [4.78, 5) is 34.2. The van der Waals surface area contributed by atoms with Gasteiger partial charge in [-0.25, -0.2) is 0 Å². The zero-order chi connectivity index (χ0) is 20.1. The smallest absolute Gasteiger partial charge is 0.226 e. The number of carbonyl (C=O) groups excluding carboxylic acids is 2. The van der Waals surface area contributed by atoms with Gasteiger partial charge in [0.05, 0.1) is 10.7 Å². The lowest BCUT2D eigenvalue weighted by atomic mass is 10.0. The third kappa shape index (κ3) is 4.43. The van der Waals surface area contributed by atoms with Crippen LogP contribution in [0.4, 0.5) is 5.69 Å². The molecule has 5 nitrogen and oxygen atoms in total. The van der Waals surface area contributed by atoms with E-state index in [4.69, 9.17) is 11.6 Å². The van der Waals surface area contributed by atoms with Crippen molar-refractivity contribution in [3.63, 3.8) is 0 Å². The van der Waals surface area contributed by atoms with Gasteiger partial charge in [0.25, 0.3) is 0 Å². The zero-order valence-electron chi connectivity index (χ0n) is 15.7. The third-order valence-electron chi connectivity index (χ3n) is 4.49. The van der Waals surface area contributed by atoms with E-state index in [0.29, 0.717) is 29.1 Å². The van der Waals surface area contributed by atoms with Crippen LogP contribution in [0.2, 0.25) is 5.02 Å². The van der Waals surface area contributed by atoms with E-state index < -0.39 is 0 Å². The Morgan fingerprint density at radius 2 is 1.82 bits per heavy atom. The van der Waals surface area contributed by atoms with Crippen molar-refractivity contribution < 1.29 is 9.59 Å². The highest BCUT2D eigenvalue weighted by Crippen LogP contribution is 2.30. The number of hydrogen-bond donors (Lipinski definition) is 0. The summed E-state index contributed by atoms with van der Waals surface area (Å²) in [7, 11) is 1.72. The summed E-state index contributed by atoms with van der Waals surface area (Å²) in [6.07, 6.45) is 5.63. The van der Waals surface area contributed by atoms with Crippen LogP contribution in [-0.2, 0) is 11.2 Å². The number of benzene rings is 1. The van der Waals surface area contributed by atoms with Crippen LogP contribution in [0.5, 0.6) is 0 Å². The first-order chi connectivity index (χ1) is 13.5. The van der Waals surface area contributed by atoms with E-state index in [1.807, 2.05) is 31.2 Å². The molecule has 1 amide bonds. The molecule has 2 aromatic heterocycles. The van der Waals surface area contributed by atoms with E-state index in [1.54, 1.807) is 48.7 Å². The minimum Gasteiger partial charge on any atom is -0.315 e. The Labute approximate surface area is 169 Å². The van der Waals surface area contributed by atoms with Gasteiger partial charge in [-0.1, -0.05) is 18.5 Å². The van der Waals surface area contributed by atoms with E-state index in [1.165, 1.54) is 0 Å². The van der Waals surface area contributed by atoms with Crippen LogP contribution in [0, 0.1) is 0 Å². The molecule has 0 bridgehead atoms. The topological polar surface area (TPSA) is 63.2 Å². The molecule has 0 atom stereocenters. The Hall–Kier alpha value is -3.05. The lowest BCUT2D eigenvalue weighted by molar-refractivity contribution is -0.118. The van der Waals surface area contributed by atoms with E-state index in [0.717, 1.165) is 16.8 Å². The fourth-order valence-corrected chi connectivity index (χ4v) is 3.08. The highest BCUT2D eigenvalue weighted by Gasteiger charge is 2.13. The Balaban J connectivity index is 1.78. The van der Waals surface area contributed by atoms with Crippen molar-refractivity contribution in [3.05, 3.63) is 77.2 Å². The Kier molecular flexibility index (Phi) is 6.16. The standard InChI is InChI=1S/C22H20ClN3O2/c1-3-22(28)26(2)17-5-6-18(19(23)13-17)20-7-4-16(14-25-20)21(27)12-15-8-10-24-11-9-15/h4-11,13-14H,3,12H2,1-2H3. The molecule has 0 saturated carbocycles. The second-order valence-corrected chi connectivity index (χ2v) is 6.77. The van der Waals surface area contributed by atoms with E-state index in [9.17, 15) is 9.59 Å². The number of Topliss-reactive ketones (excluding diaryl/α,β-unsaturated/α-hetero) is 1. The highest BCUT2D eigenvalue weighted by molar-refractivity contribution is 6.33. The molecule has 1 aromatic carbocycles. The molecule has 2 heterocycles. The number of hydrogen-bond acceptors (Lipinski definition) is 4. The van der Waals surface area contributed by atoms with Gasteiger partial charge in [-0.15, -0.1) is 0 Å². The van der Waals surface area contributed by atoms with E-state index >= 15 is 0 Å². The van der Waals surface area contributed by atoms with Crippen molar-refractivity contribution in [2.75, 3.05) is 11.9 Å². The minimum atomic E-state index is -0.00797. The van der Waals surface area contributed by atoms with Crippen LogP contribution in [0.15, 0.2) is 61.1 Å². The van der Waals surface area contributed by atoms with Crippen molar-refractivity contribution in [1.82, 2.24) is 9.97 Å². The summed E-state index contributed by atoms with van der Waals surface area (Å²) in [5.74, 6) is 0.00500. The SMILES string of the molecule is CCC(=O)N(C)c1ccc(-c2ccc(C(=O)Cc3ccncc3)cn2)c(Cl)c1. The second-order valence-electron chi connectivity index (χ2n) is 6.36. The van der Waals surface area contributed by atoms with Crippen LogP contribution in [0.1, 0.15) is 29.3 Å². The molecule has 0 aliphatic heterocycles. The van der Waals surface area contributed by atoms with Gasteiger partial charge in [-0.2, -0.15) is 0 Å². The molecule has 3 rings (SSSR count). The monoisotopic (exact) mass is 393 g/mol. The number of amides is 1. The number of halogens is 1. The molecular formula is C22H20ClN3O2. The molecule has 0 aliphatic rings. The summed E-state index contributed by atoms with van der Waals surface area (Å²) >= 11 is 6.41. The summed E-state index contributed by atoms with van der Waals surface area (Å²) in [6.45, 7) is 1.82. The predicted molar refractivity (Wildman–Crippen MR) is 111 cm³/mol. The van der Waals surface area contributed by atoms with Gasteiger partial charge in [-0.05, 0) is 48.0 Å². The fraction of sp³-hybridized carbons (Fsp3) is 0.182. The molecule has 0 N–H and O–H groups in total. The minimum absolute atomic E-state index is 0.00797. The lowest BCUT2D eigenvalue weighted by Crippen LogP contribution is -2.24. The Morgan fingerprint density at radius 1 is 1.07 bits per heavy atom. The quantitative estimate of drug-likeness (QED) is 0.574. The number of anilines is 1. The van der Waals surface area contributed by atoms with Gasteiger partial charge >= 0.3 is 0 Å². The van der Waals surface area contributed by atoms with Gasteiger partial charge in [0.15, 0.2) is 5.78 Å². The molecule has 28 heavy (non-hydrogen) atoms. The average Bonchev–Trinajstić information content (AvgIpc) is 2.73. The molecule has 0 saturated heterocycles. The molecule has 6 heteroatoms. The molecular weight excluding hydrogens is 374 g/mol. The molecule has 0 radical (unpaired) electrons. The highest BCUT2D eigenvalue weighted by atomic mass is 35.5. The van der Waals surface area contributed by atoms with Crippen LogP contribution in [0.3, 0.4) is 0 Å². The van der Waals surface area contributed by atoms with Crippen molar-refractivity contribution in [2.24, 2.45) is 0 Å². The van der Waals surface area contributed by atoms with Gasteiger partial charge in [0, 0.05) is 55.3 Å². The summed E-state index contributed by atoms with van der Waals surface area (Å²) in [5.41, 5.74) is 3.59. The Morgan fingerprint density at radius 3 is 2.43 bits per heavy atom. The van der Waals surface area contributed by atoms with Gasteiger partial charge in [-0.3, -0.25) is 19.6 Å². The summed E-state index contributed by atoms with van der Waals surface area (Å²) in [5, 5.41) is 0.497. The van der Waals surface area contributed by atoms with Crippen LogP contribution >= 0.6 is 11.6 Å². The molecule has 0 unspecified atom stereocenters. The van der Waals surface area contributed by atoms with E-state index in [2.05, 4.69) is 9.97 Å². The van der Waals surface area contributed by atoms with Crippen molar-refractivity contribution in [2.45, 2.75) is 19.8 Å². The summed E-state index contributed by atoms with van der Waals surface area (Å²) < 4.78 is 0. The maximum Gasteiger partial charge on any atom is 0.226 e. The van der Waals surface area contributed by atoms with E-state index in [-0.39, 0.29) is 11.7 Å². The normalized spacial score (nSPS) is 10.5. The molecule has 142 valence electrons. The molecule has 0 aliphatic carbocycles. The first-order valence-corrected chi connectivity index (χ1v) is 9.32. The van der Waals surface area contributed by atoms with Crippen molar-refractivity contribution in [3.8, 4) is 11.3 Å². The predicted octanol–water partition coefficient (Wildman–Crippen LogP) is 4.60.